The molecule has 1 aromatic rings. The first-order chi connectivity index (χ1) is 11.0. The standard InChI is InChI=1S/C17H26N2O4/c1-3-23-17(22)10-14(15-11-18-13(2)19-12-15)8-6-4-5-7-9-16(20)21/h11-12,14H,3-10H2,1-2H3,(H,20,21)/t14-/m0/s1. The van der Waals surface area contributed by atoms with Crippen LogP contribution in [0.25, 0.3) is 0 Å². The van der Waals surface area contributed by atoms with E-state index in [1.165, 1.54) is 0 Å². The number of carboxylic acids is 1. The molecule has 1 N–H and O–H groups in total. The third-order valence-corrected chi connectivity index (χ3v) is 3.68. The van der Waals surface area contributed by atoms with Gasteiger partial charge in [0.25, 0.3) is 0 Å². The van der Waals surface area contributed by atoms with Gasteiger partial charge in [-0.15, -0.1) is 0 Å². The number of aromatic nitrogens is 2. The SMILES string of the molecule is CCOC(=O)C[C@H](CCCCCCC(=O)O)c1cnc(C)nc1. The third-order valence-electron chi connectivity index (χ3n) is 3.68. The molecule has 0 bridgehead atoms. The highest BCUT2D eigenvalue weighted by Gasteiger charge is 2.17. The fraction of sp³-hybridized carbons (Fsp3) is 0.647. The molecule has 0 unspecified atom stereocenters. The first kappa shape index (κ1) is 19.1. The van der Waals surface area contributed by atoms with Crippen molar-refractivity contribution in [3.05, 3.63) is 23.8 Å². The maximum atomic E-state index is 11.8. The van der Waals surface area contributed by atoms with E-state index in [-0.39, 0.29) is 18.3 Å². The molecule has 0 radical (unpaired) electrons. The lowest BCUT2D eigenvalue weighted by atomic mass is 9.92. The minimum absolute atomic E-state index is 0.0501. The number of ether oxygens (including phenoxy) is 1. The van der Waals surface area contributed by atoms with E-state index in [1.807, 2.05) is 6.92 Å². The van der Waals surface area contributed by atoms with Crippen LogP contribution in [0, 0.1) is 6.92 Å². The Morgan fingerprint density at radius 3 is 2.43 bits per heavy atom. The van der Waals surface area contributed by atoms with Crippen molar-refractivity contribution in [3.8, 4) is 0 Å². The predicted molar refractivity (Wildman–Crippen MR) is 86.1 cm³/mol. The van der Waals surface area contributed by atoms with Gasteiger partial charge in [-0.05, 0) is 38.2 Å². The lowest BCUT2D eigenvalue weighted by Crippen LogP contribution is -2.11. The minimum atomic E-state index is -0.748. The molecule has 0 spiro atoms. The Morgan fingerprint density at radius 1 is 1.17 bits per heavy atom. The summed E-state index contributed by atoms with van der Waals surface area (Å²) in [6, 6.07) is 0. The van der Waals surface area contributed by atoms with E-state index in [4.69, 9.17) is 9.84 Å². The lowest BCUT2D eigenvalue weighted by molar-refractivity contribution is -0.143. The molecule has 0 saturated carbocycles. The summed E-state index contributed by atoms with van der Waals surface area (Å²) >= 11 is 0. The second-order valence-corrected chi connectivity index (χ2v) is 5.62. The smallest absolute Gasteiger partial charge is 0.306 e. The number of rotatable bonds is 11. The summed E-state index contributed by atoms with van der Waals surface area (Å²) in [6.45, 7) is 4.00. The molecule has 0 fully saturated rings. The molecule has 6 heteroatoms. The Bertz CT molecular complexity index is 488. The molecule has 6 nitrogen and oxygen atoms in total. The van der Waals surface area contributed by atoms with E-state index in [2.05, 4.69) is 9.97 Å². The molecule has 128 valence electrons. The quantitative estimate of drug-likeness (QED) is 0.497. The fourth-order valence-corrected chi connectivity index (χ4v) is 2.44. The van der Waals surface area contributed by atoms with E-state index < -0.39 is 5.97 Å². The number of aliphatic carboxylic acids is 1. The van der Waals surface area contributed by atoms with Crippen LogP contribution in [0.1, 0.15) is 69.2 Å². The summed E-state index contributed by atoms with van der Waals surface area (Å²) in [5.74, 6) is -0.197. The summed E-state index contributed by atoms with van der Waals surface area (Å²) in [6.07, 6.45) is 8.43. The van der Waals surface area contributed by atoms with Crippen LogP contribution in [-0.4, -0.2) is 33.6 Å². The summed E-state index contributed by atoms with van der Waals surface area (Å²) in [5, 5.41) is 8.61. The number of carbonyl (C=O) groups excluding carboxylic acids is 1. The molecule has 0 aliphatic rings. The van der Waals surface area contributed by atoms with Gasteiger partial charge >= 0.3 is 11.9 Å². The van der Waals surface area contributed by atoms with Crippen LogP contribution in [0.4, 0.5) is 0 Å². The van der Waals surface area contributed by atoms with Crippen molar-refractivity contribution < 1.29 is 19.4 Å². The summed E-state index contributed by atoms with van der Waals surface area (Å²) < 4.78 is 5.04. The van der Waals surface area contributed by atoms with Crippen LogP contribution < -0.4 is 0 Å². The van der Waals surface area contributed by atoms with Crippen molar-refractivity contribution in [2.75, 3.05) is 6.61 Å². The monoisotopic (exact) mass is 322 g/mol. The highest BCUT2D eigenvalue weighted by Crippen LogP contribution is 2.26. The Balaban J connectivity index is 2.49. The summed E-state index contributed by atoms with van der Waals surface area (Å²) in [7, 11) is 0. The third kappa shape index (κ3) is 8.28. The molecule has 0 aromatic carbocycles. The van der Waals surface area contributed by atoms with Crippen molar-refractivity contribution >= 4 is 11.9 Å². The summed E-state index contributed by atoms with van der Waals surface area (Å²) in [5.41, 5.74) is 0.953. The topological polar surface area (TPSA) is 89.4 Å². The van der Waals surface area contributed by atoms with Crippen molar-refractivity contribution in [1.82, 2.24) is 9.97 Å². The van der Waals surface area contributed by atoms with E-state index in [0.29, 0.717) is 25.3 Å². The van der Waals surface area contributed by atoms with E-state index >= 15 is 0 Å². The number of nitrogens with zero attached hydrogens (tertiary/aromatic N) is 2. The van der Waals surface area contributed by atoms with Gasteiger partial charge in [-0.1, -0.05) is 19.3 Å². The molecule has 0 aliphatic heterocycles. The highest BCUT2D eigenvalue weighted by atomic mass is 16.5. The van der Waals surface area contributed by atoms with Crippen LogP contribution in [-0.2, 0) is 14.3 Å². The molecule has 0 saturated heterocycles. The Morgan fingerprint density at radius 2 is 1.83 bits per heavy atom. The van der Waals surface area contributed by atoms with E-state index in [0.717, 1.165) is 31.2 Å². The first-order valence-corrected chi connectivity index (χ1v) is 8.19. The Labute approximate surface area is 137 Å². The molecule has 1 aromatic heterocycles. The van der Waals surface area contributed by atoms with Gasteiger partial charge in [0.2, 0.25) is 0 Å². The van der Waals surface area contributed by atoms with Gasteiger partial charge < -0.3 is 9.84 Å². The second-order valence-electron chi connectivity index (χ2n) is 5.62. The molecular weight excluding hydrogens is 296 g/mol. The number of unbranched alkanes of at least 4 members (excludes halogenated alkanes) is 3. The number of esters is 1. The lowest BCUT2D eigenvalue weighted by Gasteiger charge is -2.16. The molecule has 0 aliphatic carbocycles. The number of carboxylic acid groups (broad SMARTS) is 1. The average Bonchev–Trinajstić information content (AvgIpc) is 2.50. The minimum Gasteiger partial charge on any atom is -0.481 e. The number of carbonyl (C=O) groups is 2. The largest absolute Gasteiger partial charge is 0.481 e. The van der Waals surface area contributed by atoms with Crippen molar-refractivity contribution in [2.24, 2.45) is 0 Å². The maximum Gasteiger partial charge on any atom is 0.306 e. The highest BCUT2D eigenvalue weighted by molar-refractivity contribution is 5.70. The predicted octanol–water partition coefficient (Wildman–Crippen LogP) is 3.25. The normalized spacial score (nSPS) is 11.9. The van der Waals surface area contributed by atoms with Crippen molar-refractivity contribution in [1.29, 1.82) is 0 Å². The zero-order valence-electron chi connectivity index (χ0n) is 14.0. The number of aryl methyl sites for hydroxylation is 1. The summed E-state index contributed by atoms with van der Waals surface area (Å²) in [4.78, 5) is 30.6. The molecular formula is C17H26N2O4. The van der Waals surface area contributed by atoms with Gasteiger partial charge in [-0.3, -0.25) is 9.59 Å². The van der Waals surface area contributed by atoms with Gasteiger partial charge in [0.15, 0.2) is 0 Å². The Hall–Kier alpha value is -1.98. The van der Waals surface area contributed by atoms with Gasteiger partial charge in [0, 0.05) is 18.8 Å². The van der Waals surface area contributed by atoms with Crippen molar-refractivity contribution in [3.63, 3.8) is 0 Å². The van der Waals surface area contributed by atoms with Crippen LogP contribution in [0.5, 0.6) is 0 Å². The first-order valence-electron chi connectivity index (χ1n) is 8.19. The van der Waals surface area contributed by atoms with Gasteiger partial charge in [-0.25, -0.2) is 9.97 Å². The fourth-order valence-electron chi connectivity index (χ4n) is 2.44. The average molecular weight is 322 g/mol. The molecule has 1 rings (SSSR count). The maximum absolute atomic E-state index is 11.8. The van der Waals surface area contributed by atoms with Gasteiger partial charge in [0.05, 0.1) is 13.0 Å². The molecule has 1 atom stereocenters. The zero-order valence-corrected chi connectivity index (χ0v) is 14.0. The molecule has 1 heterocycles. The van der Waals surface area contributed by atoms with Crippen molar-refractivity contribution in [2.45, 2.75) is 64.7 Å². The molecule has 23 heavy (non-hydrogen) atoms. The van der Waals surface area contributed by atoms with Crippen LogP contribution in [0.3, 0.4) is 0 Å². The van der Waals surface area contributed by atoms with E-state index in [1.54, 1.807) is 19.3 Å². The zero-order chi connectivity index (χ0) is 17.1. The van der Waals surface area contributed by atoms with Gasteiger partial charge in [-0.2, -0.15) is 0 Å². The molecule has 0 amide bonds. The van der Waals surface area contributed by atoms with Crippen LogP contribution >= 0.6 is 0 Å². The van der Waals surface area contributed by atoms with Gasteiger partial charge in [0.1, 0.15) is 5.82 Å². The Kier molecular flexibility index (Phi) is 8.87. The van der Waals surface area contributed by atoms with E-state index in [9.17, 15) is 9.59 Å². The number of hydrogen-bond acceptors (Lipinski definition) is 5. The second kappa shape index (κ2) is 10.7. The van der Waals surface area contributed by atoms with Crippen LogP contribution in [0.15, 0.2) is 12.4 Å². The number of hydrogen-bond donors (Lipinski definition) is 1. The van der Waals surface area contributed by atoms with Crippen LogP contribution in [0.2, 0.25) is 0 Å².